The molecule has 1 amide bonds. The van der Waals surface area contributed by atoms with Crippen LogP contribution in [0, 0.1) is 11.7 Å². The van der Waals surface area contributed by atoms with Gasteiger partial charge in [-0.15, -0.1) is 0 Å². The summed E-state index contributed by atoms with van der Waals surface area (Å²) in [6.45, 7) is 3.81. The molecule has 1 aromatic heterocycles. The molecule has 0 saturated carbocycles. The van der Waals surface area contributed by atoms with Gasteiger partial charge >= 0.3 is 0 Å². The minimum Gasteiger partial charge on any atom is -0.459 e. The Labute approximate surface area is 152 Å². The first-order valence-corrected chi connectivity index (χ1v) is 10.4. The summed E-state index contributed by atoms with van der Waals surface area (Å²) >= 11 is 0. The van der Waals surface area contributed by atoms with Crippen molar-refractivity contribution in [1.82, 2.24) is 4.90 Å². The van der Waals surface area contributed by atoms with Crippen LogP contribution in [0.3, 0.4) is 0 Å². The number of carbonyl (C=O) groups excluding carboxylic acids is 1. The van der Waals surface area contributed by atoms with Crippen LogP contribution in [0.2, 0.25) is 0 Å². The molecule has 7 heteroatoms. The number of hydrogen-bond acceptors (Lipinski definition) is 4. The lowest BCUT2D eigenvalue weighted by atomic mass is 10.1. The average molecular weight is 379 g/mol. The fourth-order valence-corrected chi connectivity index (χ4v) is 4.87. The Morgan fingerprint density at radius 2 is 1.92 bits per heavy atom. The second-order valence-corrected chi connectivity index (χ2v) is 9.18. The summed E-state index contributed by atoms with van der Waals surface area (Å²) in [6.07, 6.45) is 0.451. The molecule has 0 bridgehead atoms. The molecule has 2 heterocycles. The number of amides is 1. The van der Waals surface area contributed by atoms with Gasteiger partial charge in [0.1, 0.15) is 17.3 Å². The van der Waals surface area contributed by atoms with E-state index in [0.717, 1.165) is 5.56 Å². The Bertz CT molecular complexity index is 887. The predicted molar refractivity (Wildman–Crippen MR) is 96.5 cm³/mol. The largest absolute Gasteiger partial charge is 0.459 e. The van der Waals surface area contributed by atoms with Gasteiger partial charge in [0.25, 0.3) is 0 Å². The third-order valence-corrected chi connectivity index (χ3v) is 6.29. The molecule has 1 fully saturated rings. The first-order valence-electron chi connectivity index (χ1n) is 8.61. The van der Waals surface area contributed by atoms with Crippen LogP contribution in [0.5, 0.6) is 0 Å². The zero-order valence-corrected chi connectivity index (χ0v) is 15.6. The highest BCUT2D eigenvalue weighted by Gasteiger charge is 2.35. The van der Waals surface area contributed by atoms with Crippen molar-refractivity contribution < 1.29 is 22.0 Å². The lowest BCUT2D eigenvalue weighted by molar-refractivity contribution is -0.137. The molecule has 0 aliphatic carbocycles. The second kappa shape index (κ2) is 7.23. The number of halogens is 1. The Kier molecular flexibility index (Phi) is 5.18. The fourth-order valence-electron chi connectivity index (χ4n) is 3.14. The van der Waals surface area contributed by atoms with E-state index in [1.54, 1.807) is 43.0 Å². The van der Waals surface area contributed by atoms with Crippen molar-refractivity contribution in [3.63, 3.8) is 0 Å². The van der Waals surface area contributed by atoms with Gasteiger partial charge in [-0.1, -0.05) is 13.8 Å². The van der Waals surface area contributed by atoms with E-state index in [2.05, 4.69) is 0 Å². The fraction of sp³-hybridized carbons (Fsp3) is 0.421. The quantitative estimate of drug-likeness (QED) is 0.800. The molecular weight excluding hydrogens is 357 g/mol. The molecule has 0 radical (unpaired) electrons. The van der Waals surface area contributed by atoms with Gasteiger partial charge in [-0.2, -0.15) is 0 Å². The highest BCUT2D eigenvalue weighted by molar-refractivity contribution is 7.91. The van der Waals surface area contributed by atoms with E-state index in [9.17, 15) is 17.6 Å². The maximum absolute atomic E-state index is 13.1. The third kappa shape index (κ3) is 4.15. The summed E-state index contributed by atoms with van der Waals surface area (Å²) in [5.74, 6) is 0.613. The van der Waals surface area contributed by atoms with Gasteiger partial charge < -0.3 is 9.32 Å². The van der Waals surface area contributed by atoms with Gasteiger partial charge in [0, 0.05) is 17.5 Å². The number of nitrogens with zero attached hydrogens (tertiary/aromatic N) is 1. The summed E-state index contributed by atoms with van der Waals surface area (Å²) in [6, 6.07) is 9.17. The first-order chi connectivity index (χ1) is 12.2. The van der Waals surface area contributed by atoms with Gasteiger partial charge in [-0.05, 0) is 42.8 Å². The van der Waals surface area contributed by atoms with Gasteiger partial charge in [0.15, 0.2) is 9.84 Å². The van der Waals surface area contributed by atoms with Crippen molar-refractivity contribution in [3.05, 3.63) is 48.0 Å². The lowest BCUT2D eigenvalue weighted by Crippen LogP contribution is -2.42. The molecule has 26 heavy (non-hydrogen) atoms. The lowest BCUT2D eigenvalue weighted by Gasteiger charge is -2.29. The van der Waals surface area contributed by atoms with Gasteiger partial charge in [0.2, 0.25) is 5.91 Å². The maximum Gasteiger partial charge on any atom is 0.225 e. The van der Waals surface area contributed by atoms with Crippen molar-refractivity contribution in [1.29, 1.82) is 0 Å². The molecule has 0 unspecified atom stereocenters. The van der Waals surface area contributed by atoms with Crippen LogP contribution in [0.15, 0.2) is 40.8 Å². The highest BCUT2D eigenvalue weighted by Crippen LogP contribution is 2.26. The Morgan fingerprint density at radius 1 is 1.23 bits per heavy atom. The van der Waals surface area contributed by atoms with E-state index >= 15 is 0 Å². The molecule has 140 valence electrons. The molecule has 3 rings (SSSR count). The van der Waals surface area contributed by atoms with Gasteiger partial charge in [-0.3, -0.25) is 4.79 Å². The first kappa shape index (κ1) is 18.6. The number of hydrogen-bond donors (Lipinski definition) is 0. The second-order valence-electron chi connectivity index (χ2n) is 6.95. The smallest absolute Gasteiger partial charge is 0.225 e. The number of benzene rings is 1. The summed E-state index contributed by atoms with van der Waals surface area (Å²) in [5.41, 5.74) is 0.739. The summed E-state index contributed by atoms with van der Waals surface area (Å²) in [5, 5.41) is 0. The molecule has 2 aromatic rings. The summed E-state index contributed by atoms with van der Waals surface area (Å²) < 4.78 is 42.5. The third-order valence-electron chi connectivity index (χ3n) is 4.54. The molecule has 0 spiro atoms. The van der Waals surface area contributed by atoms with E-state index in [-0.39, 0.29) is 41.7 Å². The zero-order chi connectivity index (χ0) is 18.9. The van der Waals surface area contributed by atoms with Gasteiger partial charge in [-0.25, -0.2) is 12.8 Å². The van der Waals surface area contributed by atoms with Crippen LogP contribution in [-0.4, -0.2) is 36.8 Å². The minimum absolute atomic E-state index is 0.00299. The standard InChI is InChI=1S/C19H22FNO4S/c1-13(2)19(22)21(16-9-10-26(23,24)12-16)11-17-7-8-18(25-17)14-3-5-15(20)6-4-14/h3-8,13,16H,9-12H2,1-2H3/t16-/m0/s1. The van der Waals surface area contributed by atoms with Crippen molar-refractivity contribution in [2.75, 3.05) is 11.5 Å². The normalized spacial score (nSPS) is 19.0. The molecule has 1 aliphatic rings. The number of carbonyl (C=O) groups is 1. The Hall–Kier alpha value is -2.15. The highest BCUT2D eigenvalue weighted by atomic mass is 32.2. The van der Waals surface area contributed by atoms with E-state index < -0.39 is 9.84 Å². The monoisotopic (exact) mass is 379 g/mol. The molecule has 5 nitrogen and oxygen atoms in total. The van der Waals surface area contributed by atoms with E-state index in [4.69, 9.17) is 4.42 Å². The maximum atomic E-state index is 13.1. The number of sulfone groups is 1. The van der Waals surface area contributed by atoms with Crippen LogP contribution in [-0.2, 0) is 21.2 Å². The van der Waals surface area contributed by atoms with E-state index in [1.807, 2.05) is 0 Å². The average Bonchev–Trinajstić information content (AvgIpc) is 3.19. The van der Waals surface area contributed by atoms with Crippen LogP contribution in [0.1, 0.15) is 26.0 Å². The zero-order valence-electron chi connectivity index (χ0n) is 14.8. The van der Waals surface area contributed by atoms with Crippen molar-refractivity contribution in [2.45, 2.75) is 32.9 Å². The molecule has 1 atom stereocenters. The predicted octanol–water partition coefficient (Wildman–Crippen LogP) is 3.26. The number of furan rings is 1. The SMILES string of the molecule is CC(C)C(=O)N(Cc1ccc(-c2ccc(F)cc2)o1)[C@H]1CCS(=O)(=O)C1. The van der Waals surface area contributed by atoms with E-state index in [0.29, 0.717) is 17.9 Å². The van der Waals surface area contributed by atoms with Crippen LogP contribution in [0.4, 0.5) is 4.39 Å². The van der Waals surface area contributed by atoms with Crippen LogP contribution in [0.25, 0.3) is 11.3 Å². The molecule has 1 aromatic carbocycles. The number of rotatable bonds is 5. The minimum atomic E-state index is -3.09. The van der Waals surface area contributed by atoms with Crippen molar-refractivity contribution in [2.24, 2.45) is 5.92 Å². The topological polar surface area (TPSA) is 67.6 Å². The van der Waals surface area contributed by atoms with Crippen LogP contribution >= 0.6 is 0 Å². The molecule has 1 aliphatic heterocycles. The summed E-state index contributed by atoms with van der Waals surface area (Å²) in [4.78, 5) is 14.2. The molecule has 0 N–H and O–H groups in total. The Balaban J connectivity index is 1.81. The van der Waals surface area contributed by atoms with Crippen LogP contribution < -0.4 is 0 Å². The van der Waals surface area contributed by atoms with Gasteiger partial charge in [0.05, 0.1) is 18.1 Å². The molecule has 1 saturated heterocycles. The molecular formula is C19H22FNO4S. The van der Waals surface area contributed by atoms with Crippen molar-refractivity contribution in [3.8, 4) is 11.3 Å². The van der Waals surface area contributed by atoms with Crippen molar-refractivity contribution >= 4 is 15.7 Å². The summed E-state index contributed by atoms with van der Waals surface area (Å²) in [7, 11) is -3.09. The van der Waals surface area contributed by atoms with E-state index in [1.165, 1.54) is 12.1 Å². The Morgan fingerprint density at radius 3 is 2.50 bits per heavy atom.